The maximum Gasteiger partial charge on any atom is 0.214 e. The van der Waals surface area contributed by atoms with Crippen molar-refractivity contribution in [3.63, 3.8) is 0 Å². The Kier molecular flexibility index (Phi) is 4.67. The van der Waals surface area contributed by atoms with E-state index in [1.54, 1.807) is 4.31 Å². The van der Waals surface area contributed by atoms with Gasteiger partial charge in [0, 0.05) is 18.5 Å². The van der Waals surface area contributed by atoms with Crippen molar-refractivity contribution in [1.82, 2.24) is 4.31 Å². The third-order valence-corrected chi connectivity index (χ3v) is 4.96. The summed E-state index contributed by atoms with van der Waals surface area (Å²) in [5.41, 5.74) is 0. The highest BCUT2D eigenvalue weighted by molar-refractivity contribution is 7.89. The molecule has 0 saturated carbocycles. The van der Waals surface area contributed by atoms with Gasteiger partial charge in [-0.15, -0.1) is 11.6 Å². The molecular weight excluding hydrogens is 222 g/mol. The van der Waals surface area contributed by atoms with Gasteiger partial charge in [0.25, 0.3) is 0 Å². The standard InChI is InChI=1S/C9H18ClNO2S/c1-9-5-2-3-7-11(9)14(12,13)8-4-6-10/h9H,2-8H2,1H3/t9-/m0/s1. The van der Waals surface area contributed by atoms with E-state index in [1.807, 2.05) is 6.92 Å². The molecule has 1 heterocycles. The first-order valence-electron chi connectivity index (χ1n) is 5.13. The topological polar surface area (TPSA) is 37.4 Å². The summed E-state index contributed by atoms with van der Waals surface area (Å²) < 4.78 is 25.3. The van der Waals surface area contributed by atoms with Crippen LogP contribution in [0.1, 0.15) is 32.6 Å². The van der Waals surface area contributed by atoms with Crippen LogP contribution in [-0.4, -0.2) is 36.9 Å². The highest BCUT2D eigenvalue weighted by Crippen LogP contribution is 2.20. The third kappa shape index (κ3) is 3.11. The number of hydrogen-bond acceptors (Lipinski definition) is 2. The molecule has 0 N–H and O–H groups in total. The molecule has 84 valence electrons. The molecule has 0 aliphatic carbocycles. The van der Waals surface area contributed by atoms with Gasteiger partial charge in [-0.1, -0.05) is 6.42 Å². The van der Waals surface area contributed by atoms with E-state index in [-0.39, 0.29) is 11.8 Å². The number of hydrogen-bond donors (Lipinski definition) is 0. The number of halogens is 1. The normalized spacial score (nSPS) is 25.1. The summed E-state index contributed by atoms with van der Waals surface area (Å²) in [4.78, 5) is 0. The van der Waals surface area contributed by atoms with Gasteiger partial charge in [-0.3, -0.25) is 0 Å². The van der Waals surface area contributed by atoms with Crippen molar-refractivity contribution in [2.45, 2.75) is 38.6 Å². The summed E-state index contributed by atoms with van der Waals surface area (Å²) in [5.74, 6) is 0.613. The molecule has 0 unspecified atom stereocenters. The predicted molar refractivity (Wildman–Crippen MR) is 59.1 cm³/mol. The lowest BCUT2D eigenvalue weighted by Crippen LogP contribution is -2.43. The fraction of sp³-hybridized carbons (Fsp3) is 1.00. The molecule has 3 nitrogen and oxygen atoms in total. The lowest BCUT2D eigenvalue weighted by atomic mass is 10.1. The second kappa shape index (κ2) is 5.33. The Balaban J connectivity index is 2.60. The smallest absolute Gasteiger partial charge is 0.212 e. The van der Waals surface area contributed by atoms with E-state index in [0.717, 1.165) is 19.3 Å². The van der Waals surface area contributed by atoms with Gasteiger partial charge in [0.1, 0.15) is 0 Å². The van der Waals surface area contributed by atoms with E-state index >= 15 is 0 Å². The van der Waals surface area contributed by atoms with Crippen LogP contribution in [0.5, 0.6) is 0 Å². The van der Waals surface area contributed by atoms with Crippen LogP contribution in [-0.2, 0) is 10.0 Å². The molecule has 1 rings (SSSR count). The summed E-state index contributed by atoms with van der Waals surface area (Å²) in [6, 6.07) is 0.170. The van der Waals surface area contributed by atoms with Crippen molar-refractivity contribution >= 4 is 21.6 Å². The lowest BCUT2D eigenvalue weighted by Gasteiger charge is -2.32. The fourth-order valence-electron chi connectivity index (χ4n) is 1.84. The van der Waals surface area contributed by atoms with E-state index in [1.165, 1.54) is 0 Å². The molecule has 5 heteroatoms. The van der Waals surface area contributed by atoms with Crippen molar-refractivity contribution < 1.29 is 8.42 Å². The average molecular weight is 240 g/mol. The minimum atomic E-state index is -3.05. The number of nitrogens with zero attached hydrogens (tertiary/aromatic N) is 1. The second-order valence-corrected chi connectivity index (χ2v) is 6.23. The largest absolute Gasteiger partial charge is 0.214 e. The Morgan fingerprint density at radius 2 is 2.14 bits per heavy atom. The molecule has 0 aromatic heterocycles. The molecule has 1 fully saturated rings. The lowest BCUT2D eigenvalue weighted by molar-refractivity contribution is 0.268. The Labute approximate surface area is 91.5 Å². The van der Waals surface area contributed by atoms with Crippen LogP contribution in [0.4, 0.5) is 0 Å². The summed E-state index contributed by atoms with van der Waals surface area (Å²) >= 11 is 5.50. The molecule has 0 aromatic rings. The van der Waals surface area contributed by atoms with Crippen LogP contribution >= 0.6 is 11.6 Å². The van der Waals surface area contributed by atoms with Gasteiger partial charge < -0.3 is 0 Å². The zero-order valence-electron chi connectivity index (χ0n) is 8.58. The summed E-state index contributed by atoms with van der Waals surface area (Å²) in [6.45, 7) is 2.67. The molecule has 0 spiro atoms. The molecule has 1 aliphatic heterocycles. The van der Waals surface area contributed by atoms with E-state index in [0.29, 0.717) is 18.8 Å². The SMILES string of the molecule is C[C@H]1CCCCN1S(=O)(=O)CCCCl. The molecule has 14 heavy (non-hydrogen) atoms. The van der Waals surface area contributed by atoms with Gasteiger partial charge in [0.05, 0.1) is 5.75 Å². The monoisotopic (exact) mass is 239 g/mol. The van der Waals surface area contributed by atoms with Crippen LogP contribution in [0.25, 0.3) is 0 Å². The Morgan fingerprint density at radius 1 is 1.43 bits per heavy atom. The van der Waals surface area contributed by atoms with E-state index in [9.17, 15) is 8.42 Å². The van der Waals surface area contributed by atoms with Crippen molar-refractivity contribution in [2.24, 2.45) is 0 Å². The van der Waals surface area contributed by atoms with Crippen molar-refractivity contribution in [2.75, 3.05) is 18.2 Å². The Morgan fingerprint density at radius 3 is 2.71 bits per heavy atom. The van der Waals surface area contributed by atoms with Crippen LogP contribution < -0.4 is 0 Å². The van der Waals surface area contributed by atoms with Crippen LogP contribution in [0.2, 0.25) is 0 Å². The fourth-order valence-corrected chi connectivity index (χ4v) is 3.94. The second-order valence-electron chi connectivity index (χ2n) is 3.81. The molecule has 0 radical (unpaired) electrons. The number of sulfonamides is 1. The van der Waals surface area contributed by atoms with Gasteiger partial charge in [0.2, 0.25) is 10.0 Å². The zero-order valence-corrected chi connectivity index (χ0v) is 10.1. The van der Waals surface area contributed by atoms with Gasteiger partial charge in [-0.05, 0) is 26.2 Å². The van der Waals surface area contributed by atoms with Gasteiger partial charge in [-0.2, -0.15) is 4.31 Å². The first kappa shape index (κ1) is 12.3. The predicted octanol–water partition coefficient (Wildman–Crippen LogP) is 1.82. The van der Waals surface area contributed by atoms with Crippen LogP contribution in [0, 0.1) is 0 Å². The molecule has 1 saturated heterocycles. The Bertz CT molecular complexity index is 266. The quantitative estimate of drug-likeness (QED) is 0.702. The maximum atomic E-state index is 11.8. The molecule has 1 aliphatic rings. The molecule has 0 amide bonds. The number of alkyl halides is 1. The van der Waals surface area contributed by atoms with Gasteiger partial charge >= 0.3 is 0 Å². The zero-order chi connectivity index (χ0) is 10.6. The first-order chi connectivity index (χ1) is 6.58. The van der Waals surface area contributed by atoms with Gasteiger partial charge in [-0.25, -0.2) is 8.42 Å². The van der Waals surface area contributed by atoms with Crippen LogP contribution in [0.3, 0.4) is 0 Å². The van der Waals surface area contributed by atoms with E-state index in [2.05, 4.69) is 0 Å². The van der Waals surface area contributed by atoms with E-state index in [4.69, 9.17) is 11.6 Å². The van der Waals surface area contributed by atoms with Gasteiger partial charge in [0.15, 0.2) is 0 Å². The minimum absolute atomic E-state index is 0.170. The molecule has 1 atom stereocenters. The summed E-state index contributed by atoms with van der Waals surface area (Å²) in [6.07, 6.45) is 3.67. The van der Waals surface area contributed by atoms with Crippen molar-refractivity contribution in [1.29, 1.82) is 0 Å². The third-order valence-electron chi connectivity index (χ3n) is 2.64. The van der Waals surface area contributed by atoms with Crippen molar-refractivity contribution in [3.8, 4) is 0 Å². The Hall–Kier alpha value is 0.200. The number of piperidine rings is 1. The number of rotatable bonds is 4. The summed E-state index contributed by atoms with van der Waals surface area (Å²) in [5, 5.41) is 0. The minimum Gasteiger partial charge on any atom is -0.212 e. The first-order valence-corrected chi connectivity index (χ1v) is 7.28. The average Bonchev–Trinajstić information content (AvgIpc) is 2.15. The van der Waals surface area contributed by atoms with Crippen LogP contribution in [0.15, 0.2) is 0 Å². The molecule has 0 bridgehead atoms. The highest BCUT2D eigenvalue weighted by Gasteiger charge is 2.28. The van der Waals surface area contributed by atoms with E-state index < -0.39 is 10.0 Å². The summed E-state index contributed by atoms with van der Waals surface area (Å²) in [7, 11) is -3.05. The molecule has 0 aromatic carbocycles. The highest BCUT2D eigenvalue weighted by atomic mass is 35.5. The molecular formula is C9H18ClNO2S. The van der Waals surface area contributed by atoms with Crippen molar-refractivity contribution in [3.05, 3.63) is 0 Å². The maximum absolute atomic E-state index is 11.8.